The van der Waals surface area contributed by atoms with E-state index in [-0.39, 0.29) is 11.9 Å². The highest BCUT2D eigenvalue weighted by Crippen LogP contribution is 2.42. The number of nitrogens with one attached hydrogen (secondary N) is 1. The van der Waals surface area contributed by atoms with Crippen LogP contribution in [0.2, 0.25) is 0 Å². The molecule has 3 aromatic rings. The summed E-state index contributed by atoms with van der Waals surface area (Å²) >= 11 is 2.88. The summed E-state index contributed by atoms with van der Waals surface area (Å²) in [4.78, 5) is 27.7. The van der Waals surface area contributed by atoms with Crippen LogP contribution >= 0.6 is 22.7 Å². The molecule has 3 heterocycles. The SMILES string of the molecule is CCOC(=O)c1sc2sc(C(=O)OCC)c3c2c1C[NH+](Cc1ccccc1)C3. The van der Waals surface area contributed by atoms with E-state index in [1.807, 2.05) is 32.0 Å². The van der Waals surface area contributed by atoms with E-state index < -0.39 is 0 Å². The van der Waals surface area contributed by atoms with Crippen molar-refractivity contribution in [3.63, 3.8) is 0 Å². The highest BCUT2D eigenvalue weighted by molar-refractivity contribution is 7.40. The van der Waals surface area contributed by atoms with Crippen molar-refractivity contribution in [1.82, 2.24) is 0 Å². The highest BCUT2D eigenvalue weighted by Gasteiger charge is 2.35. The lowest BCUT2D eigenvalue weighted by atomic mass is 10.0. The number of esters is 2. The van der Waals surface area contributed by atoms with Crippen LogP contribution in [0.5, 0.6) is 0 Å². The maximum atomic E-state index is 12.5. The van der Waals surface area contributed by atoms with Gasteiger partial charge in [-0.1, -0.05) is 30.3 Å². The van der Waals surface area contributed by atoms with Crippen molar-refractivity contribution in [1.29, 1.82) is 0 Å². The van der Waals surface area contributed by atoms with Crippen molar-refractivity contribution in [2.75, 3.05) is 13.2 Å². The molecule has 7 heteroatoms. The number of carbonyl (C=O) groups excluding carboxylic acids is 2. The molecular formula is C21H22NO4S2+. The molecule has 0 bridgehead atoms. The minimum absolute atomic E-state index is 0.268. The van der Waals surface area contributed by atoms with E-state index in [1.54, 1.807) is 0 Å². The molecule has 1 aromatic carbocycles. The topological polar surface area (TPSA) is 57.0 Å². The monoisotopic (exact) mass is 416 g/mol. The van der Waals surface area contributed by atoms with E-state index in [9.17, 15) is 9.59 Å². The van der Waals surface area contributed by atoms with Crippen LogP contribution in [-0.4, -0.2) is 25.2 Å². The summed E-state index contributed by atoms with van der Waals surface area (Å²) in [5.74, 6) is -0.536. The molecule has 0 saturated heterocycles. The maximum Gasteiger partial charge on any atom is 0.348 e. The first-order valence-corrected chi connectivity index (χ1v) is 11.0. The van der Waals surface area contributed by atoms with Crippen molar-refractivity contribution in [2.24, 2.45) is 0 Å². The van der Waals surface area contributed by atoms with Gasteiger partial charge in [0.05, 0.1) is 17.2 Å². The largest absolute Gasteiger partial charge is 0.462 e. The lowest BCUT2D eigenvalue weighted by Gasteiger charge is -2.24. The Labute approximate surface area is 171 Å². The van der Waals surface area contributed by atoms with Gasteiger partial charge in [-0.25, -0.2) is 9.59 Å². The number of rotatable bonds is 6. The third kappa shape index (κ3) is 3.45. The molecule has 1 aliphatic heterocycles. The van der Waals surface area contributed by atoms with E-state index in [1.165, 1.54) is 33.1 Å². The van der Waals surface area contributed by atoms with Gasteiger partial charge in [0, 0.05) is 22.1 Å². The predicted molar refractivity (Wildman–Crippen MR) is 110 cm³/mol. The second kappa shape index (κ2) is 8.03. The van der Waals surface area contributed by atoms with E-state index >= 15 is 0 Å². The summed E-state index contributed by atoms with van der Waals surface area (Å²) in [6, 6.07) is 10.3. The molecule has 146 valence electrons. The van der Waals surface area contributed by atoms with Gasteiger partial charge in [0.2, 0.25) is 0 Å². The summed E-state index contributed by atoms with van der Waals surface area (Å²) in [6.07, 6.45) is 0. The number of carbonyl (C=O) groups is 2. The molecule has 0 aliphatic carbocycles. The zero-order valence-corrected chi connectivity index (χ0v) is 17.5. The Kier molecular flexibility index (Phi) is 5.48. The van der Waals surface area contributed by atoms with Gasteiger partial charge in [0.25, 0.3) is 0 Å². The van der Waals surface area contributed by atoms with Crippen molar-refractivity contribution < 1.29 is 24.0 Å². The Hall–Kier alpha value is -2.22. The smallest absolute Gasteiger partial charge is 0.348 e. The molecule has 4 rings (SSSR count). The average Bonchev–Trinajstić information content (AvgIpc) is 3.23. The van der Waals surface area contributed by atoms with E-state index in [4.69, 9.17) is 9.47 Å². The fourth-order valence-corrected chi connectivity index (χ4v) is 6.33. The quantitative estimate of drug-likeness (QED) is 0.626. The molecule has 0 radical (unpaired) electrons. The molecule has 1 N–H and O–H groups in total. The number of ether oxygens (including phenoxy) is 2. The fourth-order valence-electron chi connectivity index (χ4n) is 3.72. The molecule has 0 saturated carbocycles. The van der Waals surface area contributed by atoms with Gasteiger partial charge in [0.1, 0.15) is 29.4 Å². The Balaban J connectivity index is 1.76. The zero-order valence-electron chi connectivity index (χ0n) is 15.9. The first kappa shape index (κ1) is 19.1. The average molecular weight is 417 g/mol. The lowest BCUT2D eigenvalue weighted by molar-refractivity contribution is -0.942. The maximum absolute atomic E-state index is 12.5. The van der Waals surface area contributed by atoms with Crippen molar-refractivity contribution in [3.8, 4) is 0 Å². The molecule has 0 atom stereocenters. The lowest BCUT2D eigenvalue weighted by Crippen LogP contribution is -3.08. The minimum Gasteiger partial charge on any atom is -0.462 e. The number of hydrogen-bond donors (Lipinski definition) is 1. The normalized spacial score (nSPS) is 13.6. The standard InChI is InChI=1S/C21H21NO4S2/c1-3-25-19(23)17-14-11-22(10-13-8-6-5-7-9-13)12-15-16(14)21(27-17)28-18(15)20(24)26-4-2/h5-9H,3-4,10-12H2,1-2H3/p+1. The number of benzene rings is 1. The molecule has 0 unspecified atom stereocenters. The second-order valence-corrected chi connectivity index (χ2v) is 8.99. The predicted octanol–water partition coefficient (Wildman–Crippen LogP) is 3.41. The van der Waals surface area contributed by atoms with Gasteiger partial charge >= 0.3 is 11.9 Å². The molecular weight excluding hydrogens is 394 g/mol. The van der Waals surface area contributed by atoms with Gasteiger partial charge in [0.15, 0.2) is 0 Å². The summed E-state index contributed by atoms with van der Waals surface area (Å²) < 4.78 is 11.6. The molecule has 0 spiro atoms. The molecule has 28 heavy (non-hydrogen) atoms. The van der Waals surface area contributed by atoms with Crippen LogP contribution in [0.1, 0.15) is 49.9 Å². The second-order valence-electron chi connectivity index (χ2n) is 6.69. The summed E-state index contributed by atoms with van der Waals surface area (Å²) in [7, 11) is 0. The van der Waals surface area contributed by atoms with E-state index in [0.29, 0.717) is 23.0 Å². The van der Waals surface area contributed by atoms with Gasteiger partial charge < -0.3 is 14.4 Å². The van der Waals surface area contributed by atoms with Crippen molar-refractivity contribution >= 4 is 44.0 Å². The van der Waals surface area contributed by atoms with Crippen LogP contribution in [0.4, 0.5) is 0 Å². The third-order valence-electron chi connectivity index (χ3n) is 4.82. The molecule has 0 fully saturated rings. The fraction of sp³-hybridized carbons (Fsp3) is 0.333. The Bertz CT molecular complexity index is 965. The summed E-state index contributed by atoms with van der Waals surface area (Å²) in [6.45, 7) is 6.66. The van der Waals surface area contributed by atoms with Crippen LogP contribution in [0.15, 0.2) is 30.3 Å². The highest BCUT2D eigenvalue weighted by atomic mass is 32.2. The number of hydrogen-bond acceptors (Lipinski definition) is 6. The summed E-state index contributed by atoms with van der Waals surface area (Å²) in [5, 5.41) is 1.07. The molecule has 1 aliphatic rings. The van der Waals surface area contributed by atoms with Crippen LogP contribution in [0, 0.1) is 0 Å². The zero-order chi connectivity index (χ0) is 19.7. The number of quaternary nitrogens is 1. The Morgan fingerprint density at radius 2 is 1.46 bits per heavy atom. The number of thiophene rings is 2. The van der Waals surface area contributed by atoms with Crippen LogP contribution in [0.25, 0.3) is 9.40 Å². The van der Waals surface area contributed by atoms with Gasteiger partial charge in [-0.3, -0.25) is 0 Å². The van der Waals surface area contributed by atoms with E-state index in [2.05, 4.69) is 12.1 Å². The van der Waals surface area contributed by atoms with Crippen molar-refractivity contribution in [2.45, 2.75) is 33.5 Å². The van der Waals surface area contributed by atoms with E-state index in [0.717, 1.165) is 40.2 Å². The van der Waals surface area contributed by atoms with Gasteiger partial charge in [-0.15, -0.1) is 22.7 Å². The molecule has 0 amide bonds. The Morgan fingerprint density at radius 1 is 0.929 bits per heavy atom. The summed E-state index contributed by atoms with van der Waals surface area (Å²) in [5.41, 5.74) is 3.26. The van der Waals surface area contributed by atoms with Crippen LogP contribution in [-0.2, 0) is 29.1 Å². The van der Waals surface area contributed by atoms with Gasteiger partial charge in [-0.05, 0) is 13.8 Å². The van der Waals surface area contributed by atoms with Crippen LogP contribution in [0.3, 0.4) is 0 Å². The van der Waals surface area contributed by atoms with Gasteiger partial charge in [-0.2, -0.15) is 0 Å². The Morgan fingerprint density at radius 3 is 1.96 bits per heavy atom. The van der Waals surface area contributed by atoms with Crippen molar-refractivity contribution in [3.05, 3.63) is 56.8 Å². The molecule has 2 aromatic heterocycles. The minimum atomic E-state index is -0.268. The molecule has 5 nitrogen and oxygen atoms in total. The third-order valence-corrected chi connectivity index (χ3v) is 7.33. The first-order valence-electron chi connectivity index (χ1n) is 9.41. The van der Waals surface area contributed by atoms with Crippen LogP contribution < -0.4 is 4.90 Å². The first-order chi connectivity index (χ1) is 13.6.